The summed E-state index contributed by atoms with van der Waals surface area (Å²) in [6.07, 6.45) is 0. The molecule has 21 heavy (non-hydrogen) atoms. The van der Waals surface area contributed by atoms with E-state index in [-0.39, 0.29) is 12.6 Å². The molecule has 6 nitrogen and oxygen atoms in total. The zero-order valence-corrected chi connectivity index (χ0v) is 12.2. The second-order valence-electron chi connectivity index (χ2n) is 5.23. The first-order valence-electron chi connectivity index (χ1n) is 7.13. The number of amides is 2. The average molecular weight is 291 g/mol. The highest BCUT2D eigenvalue weighted by Crippen LogP contribution is 2.15. The fraction of sp³-hybridized carbons (Fsp3) is 0.467. The van der Waals surface area contributed by atoms with Crippen molar-refractivity contribution in [2.75, 3.05) is 37.6 Å². The van der Waals surface area contributed by atoms with Crippen LogP contribution in [0.2, 0.25) is 0 Å². The number of nitrogens with zero attached hydrogens (tertiary/aromatic N) is 2. The molecule has 0 spiro atoms. The summed E-state index contributed by atoms with van der Waals surface area (Å²) < 4.78 is 0. The number of benzene rings is 1. The van der Waals surface area contributed by atoms with E-state index in [1.54, 1.807) is 11.8 Å². The Kier molecular flexibility index (Phi) is 5.03. The molecule has 0 radical (unpaired) electrons. The number of hydrogen-bond acceptors (Lipinski definition) is 3. The summed E-state index contributed by atoms with van der Waals surface area (Å²) in [5.41, 5.74) is 1.16. The number of hydrogen-bond donors (Lipinski definition) is 2. The van der Waals surface area contributed by atoms with Crippen LogP contribution in [0, 0.1) is 5.92 Å². The Morgan fingerprint density at radius 2 is 1.81 bits per heavy atom. The van der Waals surface area contributed by atoms with Crippen LogP contribution < -0.4 is 10.2 Å². The van der Waals surface area contributed by atoms with Crippen LogP contribution in [-0.4, -0.2) is 54.7 Å². The molecule has 6 heteroatoms. The molecule has 2 amide bonds. The molecular formula is C15H21N3O3. The van der Waals surface area contributed by atoms with Gasteiger partial charge in [-0.3, -0.25) is 4.79 Å². The number of piperazine rings is 1. The highest BCUT2D eigenvalue weighted by atomic mass is 16.4. The number of carboxylic acids is 1. The monoisotopic (exact) mass is 291 g/mol. The Labute approximate surface area is 124 Å². The van der Waals surface area contributed by atoms with Crippen LogP contribution >= 0.6 is 0 Å². The smallest absolute Gasteiger partial charge is 0.317 e. The van der Waals surface area contributed by atoms with E-state index in [1.807, 2.05) is 18.2 Å². The van der Waals surface area contributed by atoms with Gasteiger partial charge in [-0.2, -0.15) is 0 Å². The summed E-state index contributed by atoms with van der Waals surface area (Å²) in [5.74, 6) is -1.47. The van der Waals surface area contributed by atoms with Crippen molar-refractivity contribution in [1.29, 1.82) is 0 Å². The first-order chi connectivity index (χ1) is 10.1. The predicted octanol–water partition coefficient (Wildman–Crippen LogP) is 1.24. The molecule has 0 aliphatic carbocycles. The van der Waals surface area contributed by atoms with Crippen molar-refractivity contribution in [1.82, 2.24) is 10.2 Å². The van der Waals surface area contributed by atoms with Gasteiger partial charge in [-0.15, -0.1) is 0 Å². The third kappa shape index (κ3) is 4.11. The van der Waals surface area contributed by atoms with Crippen LogP contribution in [0.15, 0.2) is 30.3 Å². The standard InChI is InChI=1S/C15H21N3O3/c1-12(14(19)20)11-16-15(21)18-9-7-17(8-10-18)13-5-3-2-4-6-13/h2-6,12H,7-11H2,1H3,(H,16,21)(H,19,20). The lowest BCUT2D eigenvalue weighted by molar-refractivity contribution is -0.140. The summed E-state index contributed by atoms with van der Waals surface area (Å²) in [7, 11) is 0. The van der Waals surface area contributed by atoms with Gasteiger partial charge < -0.3 is 20.2 Å². The summed E-state index contributed by atoms with van der Waals surface area (Å²) in [6, 6.07) is 9.92. The lowest BCUT2D eigenvalue weighted by Gasteiger charge is -2.36. The van der Waals surface area contributed by atoms with E-state index in [1.165, 1.54) is 0 Å². The lowest BCUT2D eigenvalue weighted by Crippen LogP contribution is -2.52. The summed E-state index contributed by atoms with van der Waals surface area (Å²) in [4.78, 5) is 26.7. The molecule has 1 saturated heterocycles. The summed E-state index contributed by atoms with van der Waals surface area (Å²) >= 11 is 0. The number of carboxylic acid groups (broad SMARTS) is 1. The third-order valence-corrected chi connectivity index (χ3v) is 3.67. The Morgan fingerprint density at radius 3 is 2.38 bits per heavy atom. The van der Waals surface area contributed by atoms with Crippen LogP contribution in [-0.2, 0) is 4.79 Å². The number of carbonyl (C=O) groups excluding carboxylic acids is 1. The van der Waals surface area contributed by atoms with Gasteiger partial charge in [-0.1, -0.05) is 25.1 Å². The Hall–Kier alpha value is -2.24. The van der Waals surface area contributed by atoms with Gasteiger partial charge in [0, 0.05) is 38.4 Å². The number of anilines is 1. The zero-order chi connectivity index (χ0) is 15.2. The number of para-hydroxylation sites is 1. The molecule has 0 saturated carbocycles. The maximum Gasteiger partial charge on any atom is 0.317 e. The number of rotatable bonds is 4. The van der Waals surface area contributed by atoms with E-state index in [0.717, 1.165) is 18.8 Å². The van der Waals surface area contributed by atoms with Gasteiger partial charge in [0.2, 0.25) is 0 Å². The van der Waals surface area contributed by atoms with Crippen molar-refractivity contribution in [2.24, 2.45) is 5.92 Å². The largest absolute Gasteiger partial charge is 0.481 e. The fourth-order valence-electron chi connectivity index (χ4n) is 2.25. The minimum atomic E-state index is -0.899. The molecule has 1 heterocycles. The molecule has 1 aromatic rings. The molecule has 2 N–H and O–H groups in total. The van der Waals surface area contributed by atoms with Gasteiger partial charge in [0.25, 0.3) is 0 Å². The molecular weight excluding hydrogens is 270 g/mol. The molecule has 114 valence electrons. The molecule has 1 aliphatic heterocycles. The second-order valence-corrected chi connectivity index (χ2v) is 5.23. The first kappa shape index (κ1) is 15.2. The van der Waals surface area contributed by atoms with Crippen molar-refractivity contribution in [3.63, 3.8) is 0 Å². The quantitative estimate of drug-likeness (QED) is 0.875. The minimum absolute atomic E-state index is 0.160. The van der Waals surface area contributed by atoms with Gasteiger partial charge in [0.1, 0.15) is 0 Å². The molecule has 1 aliphatic rings. The number of nitrogens with one attached hydrogen (secondary N) is 1. The van der Waals surface area contributed by atoms with E-state index >= 15 is 0 Å². The zero-order valence-electron chi connectivity index (χ0n) is 12.2. The Bertz CT molecular complexity index is 484. The van der Waals surface area contributed by atoms with Gasteiger partial charge in [-0.25, -0.2) is 4.79 Å². The van der Waals surface area contributed by atoms with Crippen LogP contribution in [0.4, 0.5) is 10.5 Å². The average Bonchev–Trinajstić information content (AvgIpc) is 2.53. The maximum absolute atomic E-state index is 12.0. The van der Waals surface area contributed by atoms with Gasteiger partial charge >= 0.3 is 12.0 Å². The van der Waals surface area contributed by atoms with E-state index in [0.29, 0.717) is 13.1 Å². The molecule has 1 fully saturated rings. The molecule has 1 unspecified atom stereocenters. The van der Waals surface area contributed by atoms with Crippen LogP contribution in [0.1, 0.15) is 6.92 Å². The molecule has 1 aromatic carbocycles. The van der Waals surface area contributed by atoms with Crippen molar-refractivity contribution in [3.8, 4) is 0 Å². The topological polar surface area (TPSA) is 72.9 Å². The van der Waals surface area contributed by atoms with Gasteiger partial charge in [0.05, 0.1) is 5.92 Å². The molecule has 0 aromatic heterocycles. The van der Waals surface area contributed by atoms with Crippen molar-refractivity contribution in [2.45, 2.75) is 6.92 Å². The lowest BCUT2D eigenvalue weighted by atomic mass is 10.2. The number of carbonyl (C=O) groups is 2. The van der Waals surface area contributed by atoms with E-state index in [9.17, 15) is 9.59 Å². The van der Waals surface area contributed by atoms with E-state index in [2.05, 4.69) is 22.3 Å². The summed E-state index contributed by atoms with van der Waals surface area (Å²) in [6.45, 7) is 4.59. The van der Waals surface area contributed by atoms with Crippen molar-refractivity contribution < 1.29 is 14.7 Å². The number of aliphatic carboxylic acids is 1. The highest BCUT2D eigenvalue weighted by Gasteiger charge is 2.22. The fourth-order valence-corrected chi connectivity index (χ4v) is 2.25. The van der Waals surface area contributed by atoms with Crippen LogP contribution in [0.25, 0.3) is 0 Å². The Balaban J connectivity index is 1.78. The Morgan fingerprint density at radius 1 is 1.19 bits per heavy atom. The molecule has 1 atom stereocenters. The first-order valence-corrected chi connectivity index (χ1v) is 7.13. The predicted molar refractivity (Wildman–Crippen MR) is 80.4 cm³/mol. The van der Waals surface area contributed by atoms with Crippen LogP contribution in [0.3, 0.4) is 0 Å². The highest BCUT2D eigenvalue weighted by molar-refractivity contribution is 5.76. The third-order valence-electron chi connectivity index (χ3n) is 3.67. The van der Waals surface area contributed by atoms with Crippen molar-refractivity contribution in [3.05, 3.63) is 30.3 Å². The maximum atomic E-state index is 12.0. The van der Waals surface area contributed by atoms with Gasteiger partial charge in [0.15, 0.2) is 0 Å². The molecule has 0 bridgehead atoms. The summed E-state index contributed by atoms with van der Waals surface area (Å²) in [5, 5.41) is 11.5. The molecule has 2 rings (SSSR count). The second kappa shape index (κ2) is 6.97. The van der Waals surface area contributed by atoms with Crippen molar-refractivity contribution >= 4 is 17.7 Å². The minimum Gasteiger partial charge on any atom is -0.481 e. The van der Waals surface area contributed by atoms with Gasteiger partial charge in [-0.05, 0) is 12.1 Å². The van der Waals surface area contributed by atoms with E-state index < -0.39 is 11.9 Å². The van der Waals surface area contributed by atoms with Crippen LogP contribution in [0.5, 0.6) is 0 Å². The number of urea groups is 1. The van der Waals surface area contributed by atoms with E-state index in [4.69, 9.17) is 5.11 Å². The SMILES string of the molecule is CC(CNC(=O)N1CCN(c2ccccc2)CC1)C(=O)O. The normalized spacial score (nSPS) is 16.4.